The number of carboxylic acids is 1. The second-order valence-corrected chi connectivity index (χ2v) is 26.5. The largest absolute Gasteiger partial charge is 0.545 e. The van der Waals surface area contributed by atoms with Crippen molar-refractivity contribution in [3.8, 4) is 0 Å². The van der Waals surface area contributed by atoms with Crippen LogP contribution in [0.5, 0.6) is 0 Å². The van der Waals surface area contributed by atoms with Crippen LogP contribution in [0.1, 0.15) is 258 Å². The summed E-state index contributed by atoms with van der Waals surface area (Å²) in [6.07, 6.45) is 128. The molecule has 9 heteroatoms. The van der Waals surface area contributed by atoms with Crippen LogP contribution in [0.15, 0.2) is 255 Å². The van der Waals surface area contributed by atoms with Gasteiger partial charge in [0, 0.05) is 12.8 Å². The third-order valence-electron chi connectivity index (χ3n) is 15.8. The van der Waals surface area contributed by atoms with E-state index in [1.54, 1.807) is 0 Å². The fourth-order valence-corrected chi connectivity index (χ4v) is 9.80. The SMILES string of the molecule is CC/C=C\C/C=C\C/C=C\C/C=C\C/C=C\C/C=C\C/C=C\C/C=C\C/C=C\C/C=C\C/C=C\CCCCCCCCCC(=O)OC(COC(=O)CCCCCCCC/C=C\C/C=C\C/C=C\C/C=C\C/C=C\C/C=C\C/C=C\C/C=C\C/C=C\C/C=C\CC)COC(OCC[N+](C)(C)C)C(=O)[O-]. The van der Waals surface area contributed by atoms with Gasteiger partial charge in [-0.1, -0.05) is 327 Å². The molecule has 0 radical (unpaired) electrons. The van der Waals surface area contributed by atoms with E-state index in [1.807, 2.05) is 21.1 Å². The molecule has 0 spiro atoms. The van der Waals surface area contributed by atoms with Crippen molar-refractivity contribution in [2.24, 2.45) is 0 Å². The van der Waals surface area contributed by atoms with Gasteiger partial charge in [0.05, 0.1) is 40.3 Å². The number of carbonyl (C=O) groups is 3. The van der Waals surface area contributed by atoms with Crippen LogP contribution in [0.25, 0.3) is 0 Å². The molecular weight excluding hydrogens is 1270 g/mol. The molecule has 2 atom stereocenters. The number of hydrogen-bond donors (Lipinski definition) is 0. The van der Waals surface area contributed by atoms with E-state index in [2.05, 4.69) is 269 Å². The summed E-state index contributed by atoms with van der Waals surface area (Å²) in [5.41, 5.74) is 0. The highest BCUT2D eigenvalue weighted by atomic mass is 16.7. The lowest BCUT2D eigenvalue weighted by molar-refractivity contribution is -0.870. The van der Waals surface area contributed by atoms with E-state index < -0.39 is 24.3 Å². The lowest BCUT2D eigenvalue weighted by Crippen LogP contribution is -2.44. The topological polar surface area (TPSA) is 111 Å². The number of allylic oxidation sites excluding steroid dienone is 42. The number of aliphatic carboxylic acids is 1. The highest BCUT2D eigenvalue weighted by Gasteiger charge is 2.22. The zero-order valence-corrected chi connectivity index (χ0v) is 65.3. The molecule has 2 unspecified atom stereocenters. The Hall–Kier alpha value is -7.17. The Bertz CT molecular complexity index is 2660. The number of carbonyl (C=O) groups excluding carboxylic acids is 3. The summed E-state index contributed by atoms with van der Waals surface area (Å²) in [6.45, 7) is 4.45. The standard InChI is InChI=1S/C94H143NO8/c1-6-8-10-12-14-16-18-20-22-24-26-28-30-32-34-36-38-40-42-44-45-46-47-49-51-53-55-57-59-61-63-65-67-69-71-73-75-77-79-81-83-85-92(97)103-90(89-102-94(93(98)99)100-87-86-95(3,4)5)88-101-91(96)84-82-80-78-76-74-72-70-68-66-64-62-60-58-56-54-52-50-48-43-41-39-37-35-33-31-29-27-25-23-21-19-17-15-13-11-9-7-2/h8-11,14-17,20-23,26-29,32-35,38-41,44-45,47-50,53-56,59-62,65-68,90,94H,6-7,12-13,18-19,24-25,30-31,36-37,42-43,46,51-52,57-58,63-64,69-89H2,1-5H3/b10-8-,11-9-,16-14-,17-15-,22-20-,23-21-,28-26-,29-27-,34-32-,35-33-,40-38-,41-39-,45-44-,49-47-,50-48-,55-53-,56-54-,61-59-,62-60-,67-65-,68-66-. The number of carboxylic acid groups (broad SMARTS) is 1. The first kappa shape index (κ1) is 95.8. The minimum Gasteiger partial charge on any atom is -0.545 e. The quantitative estimate of drug-likeness (QED) is 0.0195. The first-order valence-corrected chi connectivity index (χ1v) is 39.8. The van der Waals surface area contributed by atoms with Gasteiger partial charge in [-0.05, 0) is 173 Å². The third-order valence-corrected chi connectivity index (χ3v) is 15.8. The fourth-order valence-electron chi connectivity index (χ4n) is 9.80. The third kappa shape index (κ3) is 82.0. The molecule has 0 fully saturated rings. The number of nitrogens with zero attached hydrogens (tertiary/aromatic N) is 1. The van der Waals surface area contributed by atoms with Gasteiger partial charge in [-0.15, -0.1) is 0 Å². The number of likely N-dealkylation sites (N-methyl/N-ethyl adjacent to an activating group) is 1. The Labute approximate surface area is 630 Å². The molecule has 0 aliphatic heterocycles. The summed E-state index contributed by atoms with van der Waals surface area (Å²) in [4.78, 5) is 37.6. The number of esters is 2. The summed E-state index contributed by atoms with van der Waals surface area (Å²) in [5, 5.41) is 11.9. The summed E-state index contributed by atoms with van der Waals surface area (Å²) < 4.78 is 22.8. The molecule has 0 saturated heterocycles. The van der Waals surface area contributed by atoms with E-state index >= 15 is 0 Å². The number of hydrogen-bond acceptors (Lipinski definition) is 8. The predicted octanol–water partition coefficient (Wildman–Crippen LogP) is 24.8. The van der Waals surface area contributed by atoms with Gasteiger partial charge in [-0.3, -0.25) is 9.59 Å². The Morgan fingerprint density at radius 2 is 0.524 bits per heavy atom. The van der Waals surface area contributed by atoms with Crippen molar-refractivity contribution in [2.75, 3.05) is 47.5 Å². The average molecular weight is 1420 g/mol. The van der Waals surface area contributed by atoms with Gasteiger partial charge in [0.25, 0.3) is 0 Å². The Morgan fingerprint density at radius 1 is 0.291 bits per heavy atom. The lowest BCUT2D eigenvalue weighted by Gasteiger charge is -2.26. The molecule has 0 aromatic carbocycles. The summed E-state index contributed by atoms with van der Waals surface area (Å²) in [6, 6.07) is 0. The van der Waals surface area contributed by atoms with Crippen LogP contribution < -0.4 is 5.11 Å². The molecule has 0 saturated carbocycles. The smallest absolute Gasteiger partial charge is 0.306 e. The predicted molar refractivity (Wildman–Crippen MR) is 443 cm³/mol. The van der Waals surface area contributed by atoms with Crippen LogP contribution in [-0.4, -0.2) is 82.3 Å². The van der Waals surface area contributed by atoms with Crippen LogP contribution in [0.4, 0.5) is 0 Å². The highest BCUT2D eigenvalue weighted by Crippen LogP contribution is 2.14. The van der Waals surface area contributed by atoms with Crippen molar-refractivity contribution in [1.82, 2.24) is 0 Å². The lowest BCUT2D eigenvalue weighted by atomic mass is 10.1. The summed E-state index contributed by atoms with van der Waals surface area (Å²) in [5.74, 6) is -2.35. The van der Waals surface area contributed by atoms with Crippen molar-refractivity contribution in [2.45, 2.75) is 270 Å². The van der Waals surface area contributed by atoms with Gasteiger partial charge < -0.3 is 33.3 Å². The second kappa shape index (κ2) is 80.5. The molecule has 0 aromatic heterocycles. The number of unbranched alkanes of at least 4 members (excludes halogenated alkanes) is 13. The van der Waals surface area contributed by atoms with E-state index in [0.717, 1.165) is 205 Å². The first-order valence-electron chi connectivity index (χ1n) is 39.8. The molecule has 0 heterocycles. The van der Waals surface area contributed by atoms with Crippen molar-refractivity contribution in [3.63, 3.8) is 0 Å². The molecule has 9 nitrogen and oxygen atoms in total. The van der Waals surface area contributed by atoms with Crippen LogP contribution in [-0.2, 0) is 33.3 Å². The summed E-state index contributed by atoms with van der Waals surface area (Å²) in [7, 11) is 5.91. The molecule has 103 heavy (non-hydrogen) atoms. The van der Waals surface area contributed by atoms with Crippen LogP contribution in [0.2, 0.25) is 0 Å². The molecule has 0 amide bonds. The van der Waals surface area contributed by atoms with E-state index in [4.69, 9.17) is 18.9 Å². The maximum atomic E-state index is 13.0. The van der Waals surface area contributed by atoms with Crippen molar-refractivity contribution >= 4 is 17.9 Å². The minimum absolute atomic E-state index is 0.129. The molecule has 0 aromatic rings. The fraction of sp³-hybridized carbons (Fsp3) is 0.521. The van der Waals surface area contributed by atoms with Gasteiger partial charge in [-0.2, -0.15) is 0 Å². The molecule has 572 valence electrons. The number of quaternary nitrogens is 1. The van der Waals surface area contributed by atoms with Crippen molar-refractivity contribution in [1.29, 1.82) is 0 Å². The highest BCUT2D eigenvalue weighted by molar-refractivity contribution is 5.70. The molecule has 0 bridgehead atoms. The van der Waals surface area contributed by atoms with Gasteiger partial charge in [0.15, 0.2) is 12.4 Å². The van der Waals surface area contributed by atoms with E-state index in [0.29, 0.717) is 23.9 Å². The average Bonchev–Trinajstić information content (AvgIpc) is 1.01. The van der Waals surface area contributed by atoms with E-state index in [-0.39, 0.29) is 38.6 Å². The van der Waals surface area contributed by atoms with Gasteiger partial charge >= 0.3 is 11.9 Å². The maximum Gasteiger partial charge on any atom is 0.306 e. The van der Waals surface area contributed by atoms with Crippen molar-refractivity contribution in [3.05, 3.63) is 255 Å². The molecule has 0 aliphatic carbocycles. The summed E-state index contributed by atoms with van der Waals surface area (Å²) >= 11 is 0. The van der Waals surface area contributed by atoms with Gasteiger partial charge in [0.2, 0.25) is 0 Å². The number of ether oxygens (including phenoxy) is 4. The second-order valence-electron chi connectivity index (χ2n) is 26.5. The Kier molecular flexibility index (Phi) is 74.9. The van der Waals surface area contributed by atoms with Crippen LogP contribution >= 0.6 is 0 Å². The maximum absolute atomic E-state index is 13.0. The normalized spacial score (nSPS) is 14.1. The van der Waals surface area contributed by atoms with Gasteiger partial charge in [0.1, 0.15) is 13.2 Å². The zero-order chi connectivity index (χ0) is 74.6. The van der Waals surface area contributed by atoms with Crippen LogP contribution in [0, 0.1) is 0 Å². The monoisotopic (exact) mass is 1410 g/mol. The van der Waals surface area contributed by atoms with Crippen LogP contribution in [0.3, 0.4) is 0 Å². The Balaban J connectivity index is 4.23. The Morgan fingerprint density at radius 3 is 0.777 bits per heavy atom. The van der Waals surface area contributed by atoms with E-state index in [9.17, 15) is 19.5 Å². The molecular formula is C94H143NO8. The first-order chi connectivity index (χ1) is 50.6. The van der Waals surface area contributed by atoms with Crippen molar-refractivity contribution < 1.29 is 42.9 Å². The van der Waals surface area contributed by atoms with E-state index in [1.165, 1.54) is 12.8 Å². The number of rotatable bonds is 70. The molecule has 0 aliphatic rings. The minimum atomic E-state index is -1.65. The van der Waals surface area contributed by atoms with Gasteiger partial charge in [-0.25, -0.2) is 0 Å². The molecule has 0 N–H and O–H groups in total. The zero-order valence-electron chi connectivity index (χ0n) is 65.3. The molecule has 0 rings (SSSR count).